The summed E-state index contributed by atoms with van der Waals surface area (Å²) in [4.78, 5) is 23.7. The van der Waals surface area contributed by atoms with Crippen LogP contribution < -0.4 is 10.3 Å². The van der Waals surface area contributed by atoms with Crippen LogP contribution in [0.1, 0.15) is 24.2 Å². The van der Waals surface area contributed by atoms with Crippen molar-refractivity contribution in [2.24, 2.45) is 0 Å². The van der Waals surface area contributed by atoms with Gasteiger partial charge in [-0.25, -0.2) is 9.48 Å². The fourth-order valence-corrected chi connectivity index (χ4v) is 1.77. The Morgan fingerprint density at radius 2 is 1.90 bits per heavy atom. The number of nitrogens with one attached hydrogen (secondary N) is 1. The molecule has 0 bridgehead atoms. The lowest BCUT2D eigenvalue weighted by Gasteiger charge is -2.05. The van der Waals surface area contributed by atoms with E-state index in [1.807, 2.05) is 6.92 Å². The lowest BCUT2D eigenvalue weighted by atomic mass is 10.3. The molecule has 0 radical (unpaired) electrons. The Bertz CT molecular complexity index is 640. The lowest BCUT2D eigenvalue weighted by Crippen LogP contribution is -2.21. The van der Waals surface area contributed by atoms with Gasteiger partial charge in [0.15, 0.2) is 0 Å². The van der Waals surface area contributed by atoms with E-state index in [9.17, 15) is 9.59 Å². The largest absolute Gasteiger partial charge is 0.494 e. The van der Waals surface area contributed by atoms with Gasteiger partial charge in [-0.2, -0.15) is 0 Å². The first kappa shape index (κ1) is 13.9. The van der Waals surface area contributed by atoms with Crippen LogP contribution in [0.5, 0.6) is 5.75 Å². The van der Waals surface area contributed by atoms with Gasteiger partial charge in [0.1, 0.15) is 11.3 Å². The summed E-state index contributed by atoms with van der Waals surface area (Å²) in [6.45, 7) is 4.39. The smallest absolute Gasteiger partial charge is 0.345 e. The molecule has 1 aromatic carbocycles. The van der Waals surface area contributed by atoms with Crippen molar-refractivity contribution in [3.05, 3.63) is 46.4 Å². The minimum Gasteiger partial charge on any atom is -0.494 e. The van der Waals surface area contributed by atoms with E-state index in [0.717, 1.165) is 5.75 Å². The standard InChI is InChI=1S/C14H16N2O4/c1-3-19-11-7-5-10(6-8-11)16-13(17)12(9-15-16)14(18)20-4-2/h5-9,15H,3-4H2,1-2H3. The number of ether oxygens (including phenoxy) is 2. The van der Waals surface area contributed by atoms with E-state index in [1.165, 1.54) is 10.9 Å². The molecule has 2 aromatic rings. The van der Waals surface area contributed by atoms with Crippen LogP contribution in [0.2, 0.25) is 0 Å². The SMILES string of the molecule is CCOC(=O)c1c[nH]n(-c2ccc(OCC)cc2)c1=O. The van der Waals surface area contributed by atoms with Gasteiger partial charge in [0.05, 0.1) is 18.9 Å². The summed E-state index contributed by atoms with van der Waals surface area (Å²) in [5, 5.41) is 2.74. The Kier molecular flexibility index (Phi) is 4.24. The number of hydrogen-bond donors (Lipinski definition) is 1. The Hall–Kier alpha value is -2.50. The van der Waals surface area contributed by atoms with Crippen molar-refractivity contribution in [2.75, 3.05) is 13.2 Å². The maximum Gasteiger partial charge on any atom is 0.345 e. The molecule has 6 nitrogen and oxygen atoms in total. The average Bonchev–Trinajstić information content (AvgIpc) is 2.82. The third kappa shape index (κ3) is 2.74. The molecule has 0 fully saturated rings. The Labute approximate surface area is 115 Å². The summed E-state index contributed by atoms with van der Waals surface area (Å²) in [6.07, 6.45) is 1.34. The molecular formula is C14H16N2O4. The Balaban J connectivity index is 2.30. The van der Waals surface area contributed by atoms with Crippen molar-refractivity contribution in [1.82, 2.24) is 9.78 Å². The molecule has 1 heterocycles. The van der Waals surface area contributed by atoms with E-state index < -0.39 is 11.5 Å². The van der Waals surface area contributed by atoms with Crippen LogP contribution in [0.15, 0.2) is 35.3 Å². The monoisotopic (exact) mass is 276 g/mol. The molecule has 6 heteroatoms. The minimum absolute atomic E-state index is 0.0132. The number of nitrogens with zero attached hydrogens (tertiary/aromatic N) is 1. The van der Waals surface area contributed by atoms with Crippen molar-refractivity contribution in [2.45, 2.75) is 13.8 Å². The van der Waals surface area contributed by atoms with Gasteiger partial charge in [0.25, 0.3) is 5.56 Å². The van der Waals surface area contributed by atoms with Gasteiger partial charge in [-0.15, -0.1) is 0 Å². The third-order valence-corrected chi connectivity index (χ3v) is 2.67. The van der Waals surface area contributed by atoms with Crippen molar-refractivity contribution in [3.8, 4) is 11.4 Å². The van der Waals surface area contributed by atoms with Gasteiger partial charge >= 0.3 is 5.97 Å². The highest BCUT2D eigenvalue weighted by atomic mass is 16.5. The van der Waals surface area contributed by atoms with E-state index in [4.69, 9.17) is 9.47 Å². The van der Waals surface area contributed by atoms with Gasteiger partial charge in [0.2, 0.25) is 0 Å². The highest BCUT2D eigenvalue weighted by Crippen LogP contribution is 2.13. The number of benzene rings is 1. The molecule has 1 N–H and O–H groups in total. The number of aromatic nitrogens is 2. The molecule has 2 rings (SSSR count). The van der Waals surface area contributed by atoms with E-state index in [-0.39, 0.29) is 12.2 Å². The molecule has 0 atom stereocenters. The number of esters is 1. The lowest BCUT2D eigenvalue weighted by molar-refractivity contribution is 0.0525. The molecule has 0 amide bonds. The molecule has 1 aromatic heterocycles. The second-order valence-corrected chi connectivity index (χ2v) is 3.98. The van der Waals surface area contributed by atoms with E-state index >= 15 is 0 Å². The van der Waals surface area contributed by atoms with Crippen molar-refractivity contribution < 1.29 is 14.3 Å². The normalized spacial score (nSPS) is 10.3. The van der Waals surface area contributed by atoms with Crippen LogP contribution >= 0.6 is 0 Å². The Morgan fingerprint density at radius 3 is 2.50 bits per heavy atom. The quantitative estimate of drug-likeness (QED) is 0.844. The van der Waals surface area contributed by atoms with Gasteiger partial charge < -0.3 is 9.47 Å². The predicted octanol–water partition coefficient (Wildman–Crippen LogP) is 1.74. The first-order chi connectivity index (χ1) is 9.67. The summed E-state index contributed by atoms with van der Waals surface area (Å²) in [5.74, 6) is 0.0971. The zero-order valence-electron chi connectivity index (χ0n) is 11.4. The van der Waals surface area contributed by atoms with Gasteiger partial charge in [-0.3, -0.25) is 9.89 Å². The predicted molar refractivity (Wildman–Crippen MR) is 73.5 cm³/mol. The molecule has 0 aliphatic rings. The van der Waals surface area contributed by atoms with Crippen LogP contribution in [0.4, 0.5) is 0 Å². The highest BCUT2D eigenvalue weighted by Gasteiger charge is 2.16. The topological polar surface area (TPSA) is 73.3 Å². The summed E-state index contributed by atoms with van der Waals surface area (Å²) in [7, 11) is 0. The number of H-pyrrole nitrogens is 1. The number of aromatic amines is 1. The number of carbonyl (C=O) groups excluding carboxylic acids is 1. The van der Waals surface area contributed by atoms with Gasteiger partial charge in [-0.1, -0.05) is 0 Å². The first-order valence-electron chi connectivity index (χ1n) is 6.38. The molecule has 106 valence electrons. The van der Waals surface area contributed by atoms with Gasteiger partial charge in [-0.05, 0) is 38.1 Å². The molecule has 0 spiro atoms. The zero-order valence-corrected chi connectivity index (χ0v) is 11.4. The number of rotatable bonds is 5. The molecule has 0 unspecified atom stereocenters. The van der Waals surface area contributed by atoms with Crippen LogP contribution in [0.25, 0.3) is 5.69 Å². The summed E-state index contributed by atoms with van der Waals surface area (Å²) in [5.41, 5.74) is 0.169. The molecule has 0 saturated carbocycles. The van der Waals surface area contributed by atoms with Crippen LogP contribution in [-0.2, 0) is 4.74 Å². The highest BCUT2D eigenvalue weighted by molar-refractivity contribution is 5.88. The van der Waals surface area contributed by atoms with Crippen LogP contribution in [0.3, 0.4) is 0 Å². The minimum atomic E-state index is -0.626. The average molecular weight is 276 g/mol. The third-order valence-electron chi connectivity index (χ3n) is 2.67. The summed E-state index contributed by atoms with van der Waals surface area (Å²) < 4.78 is 11.4. The van der Waals surface area contributed by atoms with Crippen molar-refractivity contribution in [1.29, 1.82) is 0 Å². The molecular weight excluding hydrogens is 260 g/mol. The van der Waals surface area contributed by atoms with E-state index in [0.29, 0.717) is 12.3 Å². The van der Waals surface area contributed by atoms with E-state index in [1.54, 1.807) is 31.2 Å². The molecule has 0 aliphatic carbocycles. The molecule has 0 aliphatic heterocycles. The van der Waals surface area contributed by atoms with E-state index in [2.05, 4.69) is 5.10 Å². The van der Waals surface area contributed by atoms with Crippen molar-refractivity contribution in [3.63, 3.8) is 0 Å². The fourth-order valence-electron chi connectivity index (χ4n) is 1.77. The second-order valence-electron chi connectivity index (χ2n) is 3.98. The summed E-state index contributed by atoms with van der Waals surface area (Å²) >= 11 is 0. The maximum atomic E-state index is 12.1. The molecule has 0 saturated heterocycles. The zero-order chi connectivity index (χ0) is 14.5. The maximum absolute atomic E-state index is 12.1. The summed E-state index contributed by atoms with van der Waals surface area (Å²) in [6, 6.07) is 6.99. The fraction of sp³-hybridized carbons (Fsp3) is 0.286. The van der Waals surface area contributed by atoms with Gasteiger partial charge in [0, 0.05) is 6.20 Å². The van der Waals surface area contributed by atoms with Crippen molar-refractivity contribution >= 4 is 5.97 Å². The van der Waals surface area contributed by atoms with Crippen LogP contribution in [0, 0.1) is 0 Å². The number of carbonyl (C=O) groups is 1. The molecule has 20 heavy (non-hydrogen) atoms. The number of hydrogen-bond acceptors (Lipinski definition) is 4. The Morgan fingerprint density at radius 1 is 1.20 bits per heavy atom. The second kappa shape index (κ2) is 6.10. The van der Waals surface area contributed by atoms with Crippen LogP contribution in [-0.4, -0.2) is 29.0 Å². The first-order valence-corrected chi connectivity index (χ1v) is 6.38.